The maximum absolute atomic E-state index is 3.70. The maximum atomic E-state index is 3.70. The van der Waals surface area contributed by atoms with E-state index in [1.807, 2.05) is 35.2 Å². The fraction of sp³-hybridized carbons (Fsp3) is 0. The molecule has 1 heterocycles. The van der Waals surface area contributed by atoms with Crippen LogP contribution in [0.1, 0.15) is 0 Å². The monoisotopic (exact) mass is 182 g/mol. The lowest BCUT2D eigenvalue weighted by atomic mass is 10.1. The van der Waals surface area contributed by atoms with Gasteiger partial charge in [-0.2, -0.15) is 4.57 Å². The van der Waals surface area contributed by atoms with E-state index in [9.17, 15) is 0 Å². The second kappa shape index (κ2) is 3.88. The van der Waals surface area contributed by atoms with E-state index >= 15 is 0 Å². The zero-order valence-corrected chi connectivity index (χ0v) is 7.93. The molecule has 0 radical (unpaired) electrons. The number of rotatable bonds is 2. The van der Waals surface area contributed by atoms with Gasteiger partial charge in [0.15, 0.2) is 18.6 Å². The summed E-state index contributed by atoms with van der Waals surface area (Å²) < 4.78 is 1.92. The molecular formula is C13H12N+. The van der Waals surface area contributed by atoms with E-state index in [-0.39, 0.29) is 0 Å². The molecule has 14 heavy (non-hydrogen) atoms. The molecule has 68 valence electrons. The Balaban J connectivity index is 2.39. The first-order valence-corrected chi connectivity index (χ1v) is 4.59. The van der Waals surface area contributed by atoms with Crippen LogP contribution >= 0.6 is 0 Å². The molecular weight excluding hydrogens is 170 g/mol. The summed E-state index contributed by atoms with van der Waals surface area (Å²) in [5, 5.41) is 0. The third kappa shape index (κ3) is 1.72. The lowest BCUT2D eigenvalue weighted by Crippen LogP contribution is -2.23. The van der Waals surface area contributed by atoms with Gasteiger partial charge in [0.25, 0.3) is 0 Å². The molecule has 0 aliphatic carbocycles. The molecule has 0 bridgehead atoms. The molecule has 0 atom stereocenters. The Morgan fingerprint density at radius 1 is 0.857 bits per heavy atom. The number of hydrogen-bond acceptors (Lipinski definition) is 0. The highest BCUT2D eigenvalue weighted by Gasteiger charge is 1.98. The van der Waals surface area contributed by atoms with Crippen molar-refractivity contribution in [1.29, 1.82) is 0 Å². The average molecular weight is 182 g/mol. The zero-order chi connectivity index (χ0) is 9.80. The van der Waals surface area contributed by atoms with Crippen molar-refractivity contribution in [1.82, 2.24) is 0 Å². The summed E-state index contributed by atoms with van der Waals surface area (Å²) in [6.45, 7) is 3.70. The van der Waals surface area contributed by atoms with Crippen LogP contribution in [0.15, 0.2) is 61.4 Å². The first kappa shape index (κ1) is 8.70. The Kier molecular flexibility index (Phi) is 2.41. The van der Waals surface area contributed by atoms with Gasteiger partial charge in [-0.05, 0) is 17.7 Å². The maximum Gasteiger partial charge on any atom is 0.175 e. The molecule has 2 aromatic rings. The summed E-state index contributed by atoms with van der Waals surface area (Å²) in [5.74, 6) is 0. The summed E-state index contributed by atoms with van der Waals surface area (Å²) in [5.41, 5.74) is 2.47. The molecule has 0 N–H and O–H groups in total. The van der Waals surface area contributed by atoms with Crippen molar-refractivity contribution < 1.29 is 4.57 Å². The summed E-state index contributed by atoms with van der Waals surface area (Å²) >= 11 is 0. The number of pyridine rings is 1. The molecule has 0 aliphatic rings. The van der Waals surface area contributed by atoms with Crippen LogP contribution in [-0.2, 0) is 0 Å². The zero-order valence-electron chi connectivity index (χ0n) is 7.93. The normalized spacial score (nSPS) is 9.71. The quantitative estimate of drug-likeness (QED) is 0.629. The first-order valence-electron chi connectivity index (χ1n) is 4.59. The lowest BCUT2D eigenvalue weighted by Gasteiger charge is -1.98. The van der Waals surface area contributed by atoms with E-state index in [0.29, 0.717) is 0 Å². The van der Waals surface area contributed by atoms with Crippen LogP contribution in [0, 0.1) is 0 Å². The predicted octanol–water partition coefficient (Wildman–Crippen LogP) is 2.74. The molecule has 0 aliphatic heterocycles. The fourth-order valence-electron chi connectivity index (χ4n) is 1.38. The lowest BCUT2D eigenvalue weighted by molar-refractivity contribution is -0.567. The largest absolute Gasteiger partial charge is 0.175 e. The topological polar surface area (TPSA) is 3.88 Å². The van der Waals surface area contributed by atoms with Gasteiger partial charge in [-0.3, -0.25) is 0 Å². The third-order valence-electron chi connectivity index (χ3n) is 2.17. The van der Waals surface area contributed by atoms with Gasteiger partial charge in [-0.1, -0.05) is 30.3 Å². The van der Waals surface area contributed by atoms with Gasteiger partial charge in [-0.25, -0.2) is 0 Å². The Labute approximate surface area is 84.0 Å². The van der Waals surface area contributed by atoms with Gasteiger partial charge >= 0.3 is 0 Å². The third-order valence-corrected chi connectivity index (χ3v) is 2.17. The van der Waals surface area contributed by atoms with Crippen LogP contribution in [0.3, 0.4) is 0 Å². The van der Waals surface area contributed by atoms with Gasteiger partial charge in [0.2, 0.25) is 0 Å². The average Bonchev–Trinajstić information content (AvgIpc) is 2.30. The van der Waals surface area contributed by atoms with Gasteiger partial charge in [0.1, 0.15) is 0 Å². The number of nitrogens with zero attached hydrogens (tertiary/aromatic N) is 1. The number of aromatic nitrogens is 1. The highest BCUT2D eigenvalue weighted by atomic mass is 14.9. The fourth-order valence-corrected chi connectivity index (χ4v) is 1.38. The molecule has 1 aromatic carbocycles. The van der Waals surface area contributed by atoms with E-state index in [4.69, 9.17) is 0 Å². The highest BCUT2D eigenvalue weighted by molar-refractivity contribution is 5.61. The van der Waals surface area contributed by atoms with Crippen LogP contribution in [0.4, 0.5) is 0 Å². The molecule has 0 amide bonds. The van der Waals surface area contributed by atoms with Gasteiger partial charge < -0.3 is 0 Å². The SMILES string of the molecule is C=C[n+]1ccc(-c2ccccc2)cc1. The van der Waals surface area contributed by atoms with Crippen molar-refractivity contribution in [2.45, 2.75) is 0 Å². The highest BCUT2D eigenvalue weighted by Crippen LogP contribution is 2.16. The Bertz CT molecular complexity index is 415. The van der Waals surface area contributed by atoms with Crippen LogP contribution in [0.2, 0.25) is 0 Å². The predicted molar refractivity (Wildman–Crippen MR) is 58.5 cm³/mol. The van der Waals surface area contributed by atoms with Crippen molar-refractivity contribution in [3.63, 3.8) is 0 Å². The summed E-state index contributed by atoms with van der Waals surface area (Å²) in [6, 6.07) is 14.5. The molecule has 1 aromatic heterocycles. The van der Waals surface area contributed by atoms with Gasteiger partial charge in [0.05, 0.1) is 0 Å². The van der Waals surface area contributed by atoms with Gasteiger partial charge in [0, 0.05) is 12.1 Å². The van der Waals surface area contributed by atoms with E-state index in [2.05, 4.69) is 30.8 Å². The minimum absolute atomic E-state index is 1.23. The van der Waals surface area contributed by atoms with Crippen molar-refractivity contribution in [3.05, 3.63) is 61.4 Å². The standard InChI is InChI=1S/C13H12N/c1-2-14-10-8-13(9-11-14)12-6-4-3-5-7-12/h2-11H,1H2/q+1. The minimum Gasteiger partial charge on any atom is -0.174 e. The second-order valence-corrected chi connectivity index (χ2v) is 3.08. The van der Waals surface area contributed by atoms with Crippen molar-refractivity contribution in [2.75, 3.05) is 0 Å². The van der Waals surface area contributed by atoms with E-state index in [1.54, 1.807) is 6.20 Å². The smallest absolute Gasteiger partial charge is 0.174 e. The summed E-state index contributed by atoms with van der Waals surface area (Å²) in [6.07, 6.45) is 5.76. The Hall–Kier alpha value is -1.89. The summed E-state index contributed by atoms with van der Waals surface area (Å²) in [7, 11) is 0. The van der Waals surface area contributed by atoms with Crippen LogP contribution in [-0.4, -0.2) is 0 Å². The van der Waals surface area contributed by atoms with E-state index in [1.165, 1.54) is 11.1 Å². The second-order valence-electron chi connectivity index (χ2n) is 3.08. The molecule has 0 spiro atoms. The first-order chi connectivity index (χ1) is 6.90. The van der Waals surface area contributed by atoms with Crippen molar-refractivity contribution in [2.24, 2.45) is 0 Å². The summed E-state index contributed by atoms with van der Waals surface area (Å²) in [4.78, 5) is 0. The van der Waals surface area contributed by atoms with E-state index < -0.39 is 0 Å². The van der Waals surface area contributed by atoms with Crippen LogP contribution in [0.25, 0.3) is 17.3 Å². The molecule has 0 saturated carbocycles. The van der Waals surface area contributed by atoms with Crippen LogP contribution in [0.5, 0.6) is 0 Å². The minimum atomic E-state index is 1.23. The van der Waals surface area contributed by atoms with Crippen LogP contribution < -0.4 is 4.57 Å². The Morgan fingerprint density at radius 3 is 2.00 bits per heavy atom. The molecule has 1 heteroatoms. The molecule has 0 fully saturated rings. The van der Waals surface area contributed by atoms with Crippen molar-refractivity contribution >= 4 is 6.20 Å². The Morgan fingerprint density at radius 2 is 1.43 bits per heavy atom. The molecule has 1 nitrogen and oxygen atoms in total. The van der Waals surface area contributed by atoms with E-state index in [0.717, 1.165) is 0 Å². The number of hydrogen-bond donors (Lipinski definition) is 0. The van der Waals surface area contributed by atoms with Gasteiger partial charge in [-0.15, -0.1) is 0 Å². The molecule has 2 rings (SSSR count). The molecule has 0 saturated heterocycles. The molecule has 0 unspecified atom stereocenters. The number of benzene rings is 1. The van der Waals surface area contributed by atoms with Crippen molar-refractivity contribution in [3.8, 4) is 11.1 Å².